The third kappa shape index (κ3) is 1.38. The molecule has 4 aliphatic rings. The highest BCUT2D eigenvalue weighted by Crippen LogP contribution is 2.71. The topological polar surface area (TPSA) is 58.9 Å². The molecule has 90 valence electrons. The van der Waals surface area contributed by atoms with Crippen molar-refractivity contribution < 1.29 is 9.59 Å². The Kier molecular flexibility index (Phi) is 2.50. The summed E-state index contributed by atoms with van der Waals surface area (Å²) in [5, 5.41) is 0. The lowest BCUT2D eigenvalue weighted by atomic mass is 9.49. The van der Waals surface area contributed by atoms with Crippen molar-refractivity contribution in [1.29, 1.82) is 0 Å². The predicted molar refractivity (Wildman–Crippen MR) is 60.6 cm³/mol. The highest BCUT2D eigenvalue weighted by atomic mass is 16.1. The number of nitrogens with zero attached hydrogens (tertiary/aromatic N) is 2. The second kappa shape index (κ2) is 3.90. The number of aliphatic imine (C=N–C) groups is 2. The number of hydrogen-bond acceptors (Lipinski definition) is 4. The third-order valence-electron chi connectivity index (χ3n) is 5.43. The highest BCUT2D eigenvalue weighted by molar-refractivity contribution is 5.37. The van der Waals surface area contributed by atoms with Crippen molar-refractivity contribution in [3.05, 3.63) is 0 Å². The smallest absolute Gasteiger partial charge is 0.211 e. The van der Waals surface area contributed by atoms with Crippen LogP contribution in [0.15, 0.2) is 9.98 Å². The van der Waals surface area contributed by atoms with E-state index in [1.165, 1.54) is 32.1 Å². The molecule has 0 aliphatic heterocycles. The van der Waals surface area contributed by atoms with E-state index in [0.29, 0.717) is 5.41 Å². The molecule has 0 saturated heterocycles. The highest BCUT2D eigenvalue weighted by Gasteiger charge is 2.64. The molecule has 4 saturated carbocycles. The molecule has 4 aliphatic carbocycles. The Morgan fingerprint density at radius 2 is 1.88 bits per heavy atom. The molecule has 0 amide bonds. The van der Waals surface area contributed by atoms with E-state index in [-0.39, 0.29) is 5.92 Å². The Labute approximate surface area is 100 Å². The summed E-state index contributed by atoms with van der Waals surface area (Å²) in [5.74, 6) is 1.95. The van der Waals surface area contributed by atoms with Crippen LogP contribution in [0.25, 0.3) is 0 Å². The Balaban J connectivity index is 1.90. The summed E-state index contributed by atoms with van der Waals surface area (Å²) in [6.07, 6.45) is 9.92. The van der Waals surface area contributed by atoms with Crippen molar-refractivity contribution in [1.82, 2.24) is 0 Å². The van der Waals surface area contributed by atoms with Gasteiger partial charge in [0.1, 0.15) is 0 Å². The molecule has 17 heavy (non-hydrogen) atoms. The molecule has 4 nitrogen and oxygen atoms in total. The number of rotatable bonds is 3. The number of fused-ring (bicyclic) bond motifs is 1. The summed E-state index contributed by atoms with van der Waals surface area (Å²) >= 11 is 0. The van der Waals surface area contributed by atoms with Gasteiger partial charge in [-0.25, -0.2) is 9.59 Å². The Bertz CT molecular complexity index is 401. The summed E-state index contributed by atoms with van der Waals surface area (Å²) in [6.45, 7) is 0. The van der Waals surface area contributed by atoms with E-state index in [1.54, 1.807) is 12.2 Å². The fourth-order valence-electron chi connectivity index (χ4n) is 4.88. The van der Waals surface area contributed by atoms with Crippen LogP contribution in [0.1, 0.15) is 38.5 Å². The largest absolute Gasteiger partial charge is 0.237 e. The molecule has 0 aromatic heterocycles. The maximum atomic E-state index is 10.5. The Hall–Kier alpha value is -1.24. The zero-order chi connectivity index (χ0) is 11.9. The molecular weight excluding hydrogens is 216 g/mol. The van der Waals surface area contributed by atoms with E-state index in [2.05, 4.69) is 9.98 Å². The first kappa shape index (κ1) is 10.9. The van der Waals surface area contributed by atoms with E-state index in [9.17, 15) is 9.59 Å². The molecule has 0 heterocycles. The van der Waals surface area contributed by atoms with Gasteiger partial charge < -0.3 is 0 Å². The molecule has 4 heteroatoms. The van der Waals surface area contributed by atoms with Crippen LogP contribution in [-0.4, -0.2) is 18.3 Å². The van der Waals surface area contributed by atoms with Crippen molar-refractivity contribution in [3.8, 4) is 0 Å². The van der Waals surface area contributed by atoms with Crippen molar-refractivity contribution in [2.24, 2.45) is 33.2 Å². The van der Waals surface area contributed by atoms with Gasteiger partial charge in [-0.05, 0) is 49.4 Å². The molecule has 0 N–H and O–H groups in total. The summed E-state index contributed by atoms with van der Waals surface area (Å²) in [5.41, 5.74) is 0.328. The molecule has 4 atom stereocenters. The fourth-order valence-corrected chi connectivity index (χ4v) is 4.88. The van der Waals surface area contributed by atoms with Crippen LogP contribution in [-0.2, 0) is 9.59 Å². The molecule has 1 spiro atoms. The van der Waals surface area contributed by atoms with Gasteiger partial charge >= 0.3 is 0 Å². The molecule has 4 unspecified atom stereocenters. The Morgan fingerprint density at radius 3 is 2.53 bits per heavy atom. The number of carbonyl (C=O) groups excluding carboxylic acids is 2. The second-order valence-corrected chi connectivity index (χ2v) is 5.73. The summed E-state index contributed by atoms with van der Waals surface area (Å²) in [7, 11) is 0. The second-order valence-electron chi connectivity index (χ2n) is 5.73. The SMILES string of the molecule is O=C=NC(N=C=O)C1CCCC2C3CCC21C3. The van der Waals surface area contributed by atoms with Crippen LogP contribution in [0.5, 0.6) is 0 Å². The van der Waals surface area contributed by atoms with E-state index < -0.39 is 6.17 Å². The summed E-state index contributed by atoms with van der Waals surface area (Å²) in [6, 6.07) is 0. The molecule has 0 radical (unpaired) electrons. The average molecular weight is 232 g/mol. The van der Waals surface area contributed by atoms with Gasteiger partial charge in [-0.1, -0.05) is 6.42 Å². The molecule has 0 aromatic rings. The molecule has 2 bridgehead atoms. The minimum atomic E-state index is -0.521. The maximum absolute atomic E-state index is 10.5. The lowest BCUT2D eigenvalue weighted by Crippen LogP contribution is -2.51. The first-order valence-corrected chi connectivity index (χ1v) is 6.46. The van der Waals surface area contributed by atoms with Crippen LogP contribution in [0.2, 0.25) is 0 Å². The summed E-state index contributed by atoms with van der Waals surface area (Å²) in [4.78, 5) is 28.4. The monoisotopic (exact) mass is 232 g/mol. The minimum Gasteiger partial charge on any atom is -0.211 e. The van der Waals surface area contributed by atoms with Gasteiger partial charge in [0.25, 0.3) is 0 Å². The normalized spacial score (nSPS) is 43.6. The predicted octanol–water partition coefficient (Wildman–Crippen LogP) is 2.20. The van der Waals surface area contributed by atoms with Crippen LogP contribution in [0.3, 0.4) is 0 Å². The minimum absolute atomic E-state index is 0.267. The van der Waals surface area contributed by atoms with Gasteiger partial charge in [0, 0.05) is 5.92 Å². The summed E-state index contributed by atoms with van der Waals surface area (Å²) < 4.78 is 0. The quantitative estimate of drug-likeness (QED) is 0.553. The number of isocyanates is 2. The van der Waals surface area contributed by atoms with E-state index in [1.807, 2.05) is 0 Å². The van der Waals surface area contributed by atoms with Crippen molar-refractivity contribution in [2.75, 3.05) is 0 Å². The fraction of sp³-hybridized carbons (Fsp3) is 0.846. The van der Waals surface area contributed by atoms with E-state index >= 15 is 0 Å². The molecule has 4 rings (SSSR count). The van der Waals surface area contributed by atoms with Crippen LogP contribution in [0.4, 0.5) is 0 Å². The van der Waals surface area contributed by atoms with Gasteiger partial charge in [0.15, 0.2) is 6.17 Å². The van der Waals surface area contributed by atoms with Crippen LogP contribution in [0, 0.1) is 23.2 Å². The average Bonchev–Trinajstić information content (AvgIpc) is 2.88. The van der Waals surface area contributed by atoms with Gasteiger partial charge in [-0.15, -0.1) is 0 Å². The Morgan fingerprint density at radius 1 is 1.12 bits per heavy atom. The van der Waals surface area contributed by atoms with E-state index in [4.69, 9.17) is 0 Å². The first-order chi connectivity index (χ1) is 8.31. The van der Waals surface area contributed by atoms with Gasteiger partial charge in [-0.3, -0.25) is 0 Å². The third-order valence-corrected chi connectivity index (χ3v) is 5.43. The van der Waals surface area contributed by atoms with Crippen molar-refractivity contribution in [3.63, 3.8) is 0 Å². The lowest BCUT2D eigenvalue weighted by Gasteiger charge is -2.56. The lowest BCUT2D eigenvalue weighted by molar-refractivity contribution is -0.0714. The maximum Gasteiger partial charge on any atom is 0.237 e. The molecule has 0 aromatic carbocycles. The van der Waals surface area contributed by atoms with Crippen molar-refractivity contribution >= 4 is 12.2 Å². The number of hydrogen-bond donors (Lipinski definition) is 0. The van der Waals surface area contributed by atoms with E-state index in [0.717, 1.165) is 18.3 Å². The molecule has 4 fully saturated rings. The van der Waals surface area contributed by atoms with Crippen LogP contribution >= 0.6 is 0 Å². The zero-order valence-corrected chi connectivity index (χ0v) is 9.76. The molecular formula is C13H16N2O2. The van der Waals surface area contributed by atoms with Gasteiger partial charge in [0.05, 0.1) is 0 Å². The zero-order valence-electron chi connectivity index (χ0n) is 9.76. The van der Waals surface area contributed by atoms with Crippen LogP contribution < -0.4 is 0 Å². The van der Waals surface area contributed by atoms with Gasteiger partial charge in [0.2, 0.25) is 12.2 Å². The first-order valence-electron chi connectivity index (χ1n) is 6.46. The van der Waals surface area contributed by atoms with Crippen molar-refractivity contribution in [2.45, 2.75) is 44.7 Å². The standard InChI is InChI=1S/C13H16N2O2/c16-7-14-12(15-8-17)11-3-1-2-10-9-4-5-13(10,11)6-9/h9-12H,1-6H2. The van der Waals surface area contributed by atoms with Gasteiger partial charge in [-0.2, -0.15) is 9.98 Å².